The van der Waals surface area contributed by atoms with E-state index in [1.807, 2.05) is 27.7 Å². The molecule has 2 unspecified atom stereocenters. The lowest BCUT2D eigenvalue weighted by atomic mass is 9.75. The highest BCUT2D eigenvalue weighted by Crippen LogP contribution is 2.46. The summed E-state index contributed by atoms with van der Waals surface area (Å²) >= 11 is 0. The van der Waals surface area contributed by atoms with Crippen LogP contribution in [0.1, 0.15) is 109 Å². The summed E-state index contributed by atoms with van der Waals surface area (Å²) in [5, 5.41) is 10.5. The number of ether oxygens (including phenoxy) is 3. The normalized spacial score (nSPS) is 15.1. The Morgan fingerprint density at radius 1 is 0.842 bits per heavy atom. The third-order valence-electron chi connectivity index (χ3n) is 8.08. The lowest BCUT2D eigenvalue weighted by Crippen LogP contribution is -2.58. The number of hydrogen-bond donors (Lipinski definition) is 1. The third kappa shape index (κ3) is 6.32. The summed E-state index contributed by atoms with van der Waals surface area (Å²) in [5.74, 6) is -1.96. The van der Waals surface area contributed by atoms with Crippen LogP contribution >= 0.6 is 0 Å². The maximum absolute atomic E-state index is 12.8. The van der Waals surface area contributed by atoms with Gasteiger partial charge >= 0.3 is 5.97 Å². The van der Waals surface area contributed by atoms with Crippen molar-refractivity contribution < 1.29 is 24.1 Å². The molecule has 2 aromatic carbocycles. The summed E-state index contributed by atoms with van der Waals surface area (Å²) in [7, 11) is 0. The van der Waals surface area contributed by atoms with Gasteiger partial charge in [-0.25, -0.2) is 0 Å². The van der Waals surface area contributed by atoms with Crippen LogP contribution in [0.2, 0.25) is 0 Å². The largest absolute Gasteiger partial charge is 0.481 e. The first-order valence-corrected chi connectivity index (χ1v) is 14.7. The van der Waals surface area contributed by atoms with Crippen LogP contribution in [0, 0.1) is 5.41 Å². The number of benzene rings is 2. The molecule has 0 radical (unpaired) electrons. The van der Waals surface area contributed by atoms with Gasteiger partial charge < -0.3 is 19.3 Å². The summed E-state index contributed by atoms with van der Waals surface area (Å²) in [6.07, 6.45) is 7.76. The van der Waals surface area contributed by atoms with Crippen LogP contribution < -0.4 is 0 Å². The fourth-order valence-electron chi connectivity index (χ4n) is 6.34. The molecule has 1 aliphatic carbocycles. The van der Waals surface area contributed by atoms with Gasteiger partial charge in [0.2, 0.25) is 0 Å². The average molecular weight is 525 g/mol. The quantitative estimate of drug-likeness (QED) is 0.134. The Labute approximate surface area is 229 Å². The maximum Gasteiger partial charge on any atom is 0.317 e. The van der Waals surface area contributed by atoms with Crippen molar-refractivity contribution in [2.45, 2.75) is 104 Å². The van der Waals surface area contributed by atoms with Gasteiger partial charge in [-0.1, -0.05) is 88.4 Å². The van der Waals surface area contributed by atoms with E-state index in [4.69, 9.17) is 14.2 Å². The predicted molar refractivity (Wildman–Crippen MR) is 153 cm³/mol. The van der Waals surface area contributed by atoms with Gasteiger partial charge in [0.25, 0.3) is 5.97 Å². The number of carboxylic acid groups (broad SMARTS) is 1. The number of rotatable bonds is 18. The minimum Gasteiger partial charge on any atom is -0.481 e. The molecule has 0 spiro atoms. The number of carboxylic acids is 1. The van der Waals surface area contributed by atoms with Crippen LogP contribution in [0.4, 0.5) is 0 Å². The second-order valence-corrected chi connectivity index (χ2v) is 10.6. The Kier molecular flexibility index (Phi) is 11.4. The second kappa shape index (κ2) is 14.3. The summed E-state index contributed by atoms with van der Waals surface area (Å²) < 4.78 is 17.9. The molecule has 210 valence electrons. The summed E-state index contributed by atoms with van der Waals surface area (Å²) in [6.45, 7) is 10.9. The molecule has 5 heteroatoms. The first-order valence-electron chi connectivity index (χ1n) is 14.7. The summed E-state index contributed by atoms with van der Waals surface area (Å²) in [6, 6.07) is 15.5. The van der Waals surface area contributed by atoms with Crippen LogP contribution in [0.5, 0.6) is 0 Å². The number of fused-ring (bicyclic) bond motifs is 3. The van der Waals surface area contributed by atoms with E-state index in [1.54, 1.807) is 0 Å². The minimum absolute atomic E-state index is 0.324. The highest BCUT2D eigenvalue weighted by atomic mass is 16.9. The van der Waals surface area contributed by atoms with Gasteiger partial charge in [-0.05, 0) is 80.2 Å². The van der Waals surface area contributed by atoms with Gasteiger partial charge in [0.05, 0.1) is 0 Å². The van der Waals surface area contributed by atoms with Crippen molar-refractivity contribution in [1.82, 2.24) is 0 Å². The highest BCUT2D eigenvalue weighted by Gasteiger charge is 2.59. The van der Waals surface area contributed by atoms with E-state index in [0.29, 0.717) is 45.0 Å². The van der Waals surface area contributed by atoms with Crippen molar-refractivity contribution in [2.24, 2.45) is 5.41 Å². The Balaban J connectivity index is 1.60. The zero-order valence-electron chi connectivity index (χ0n) is 24.2. The number of unbranched alkanes of at least 4 members (excludes halogenated alkanes) is 3. The molecule has 2 aromatic rings. The van der Waals surface area contributed by atoms with E-state index in [9.17, 15) is 9.90 Å². The maximum atomic E-state index is 12.8. The van der Waals surface area contributed by atoms with Crippen LogP contribution in [0.25, 0.3) is 11.1 Å². The Morgan fingerprint density at radius 3 is 2.11 bits per heavy atom. The van der Waals surface area contributed by atoms with Crippen LogP contribution in [-0.2, 0) is 25.4 Å². The van der Waals surface area contributed by atoms with E-state index < -0.39 is 17.4 Å². The van der Waals surface area contributed by atoms with Crippen LogP contribution in [-0.4, -0.2) is 36.9 Å². The Morgan fingerprint density at radius 2 is 1.47 bits per heavy atom. The van der Waals surface area contributed by atoms with Gasteiger partial charge in [0, 0.05) is 19.8 Å². The van der Waals surface area contributed by atoms with E-state index in [2.05, 4.69) is 49.4 Å². The highest BCUT2D eigenvalue weighted by molar-refractivity contribution is 5.78. The molecule has 0 fully saturated rings. The van der Waals surface area contributed by atoms with Crippen LogP contribution in [0.3, 0.4) is 0 Å². The zero-order chi connectivity index (χ0) is 27.6. The molecule has 0 saturated heterocycles. The topological polar surface area (TPSA) is 65.0 Å². The summed E-state index contributed by atoms with van der Waals surface area (Å²) in [5.41, 5.74) is 5.93. The first-order chi connectivity index (χ1) is 18.4. The fraction of sp³-hybridized carbons (Fsp3) is 0.606. The molecule has 3 rings (SSSR count). The molecular formula is C33H48O5. The monoisotopic (exact) mass is 524 g/mol. The van der Waals surface area contributed by atoms with Crippen molar-refractivity contribution in [3.63, 3.8) is 0 Å². The molecule has 0 bridgehead atoms. The fourth-order valence-corrected chi connectivity index (χ4v) is 6.34. The summed E-state index contributed by atoms with van der Waals surface area (Å²) in [4.78, 5) is 12.8. The molecule has 0 amide bonds. The molecule has 0 aromatic heterocycles. The molecule has 1 N–H and O–H groups in total. The predicted octanol–water partition coefficient (Wildman–Crippen LogP) is 8.34. The van der Waals surface area contributed by atoms with Gasteiger partial charge in [-0.3, -0.25) is 4.79 Å². The van der Waals surface area contributed by atoms with Crippen molar-refractivity contribution >= 4 is 5.97 Å². The van der Waals surface area contributed by atoms with Crippen molar-refractivity contribution in [1.29, 1.82) is 0 Å². The molecule has 0 aliphatic heterocycles. The van der Waals surface area contributed by atoms with E-state index in [1.165, 1.54) is 27.8 Å². The average Bonchev–Trinajstić information content (AvgIpc) is 3.29. The second-order valence-electron chi connectivity index (χ2n) is 10.6. The first kappa shape index (κ1) is 30.3. The SMILES string of the molecule is CCCC(CCCCCCC(C)c1cccc2c1Cc1ccccc1-2)(C(=O)O)C(OCC)(OCC)OCC. The lowest BCUT2D eigenvalue weighted by Gasteiger charge is -2.45. The van der Waals surface area contributed by atoms with Crippen molar-refractivity contribution in [2.75, 3.05) is 19.8 Å². The Hall–Kier alpha value is -2.21. The number of aliphatic carboxylic acids is 1. The number of carbonyl (C=O) groups is 1. The minimum atomic E-state index is -1.56. The molecule has 38 heavy (non-hydrogen) atoms. The standard InChI is InChI=1S/C33H48O5/c1-6-22-32(31(34)35,33(36-7-2,37-8-3)38-9-4)23-15-11-10-12-17-25(5)27-20-16-21-29-28-19-14-13-18-26(28)24-30(27)29/h13-14,16,18-21,25H,6-12,15,17,22-24H2,1-5H3,(H,34,35). The van der Waals surface area contributed by atoms with Gasteiger partial charge in [-0.2, -0.15) is 0 Å². The van der Waals surface area contributed by atoms with Gasteiger partial charge in [0.1, 0.15) is 5.41 Å². The smallest absolute Gasteiger partial charge is 0.317 e. The van der Waals surface area contributed by atoms with Crippen molar-refractivity contribution in [3.05, 3.63) is 59.2 Å². The molecule has 1 aliphatic rings. The molecular weight excluding hydrogens is 476 g/mol. The molecule has 2 atom stereocenters. The van der Waals surface area contributed by atoms with Crippen molar-refractivity contribution in [3.8, 4) is 11.1 Å². The lowest BCUT2D eigenvalue weighted by molar-refractivity contribution is -0.423. The number of hydrogen-bond acceptors (Lipinski definition) is 4. The third-order valence-corrected chi connectivity index (χ3v) is 8.08. The van der Waals surface area contributed by atoms with E-state index in [0.717, 1.165) is 38.5 Å². The van der Waals surface area contributed by atoms with Gasteiger partial charge in [0.15, 0.2) is 0 Å². The van der Waals surface area contributed by atoms with Gasteiger partial charge in [-0.15, -0.1) is 0 Å². The molecule has 5 nitrogen and oxygen atoms in total. The van der Waals surface area contributed by atoms with Crippen LogP contribution in [0.15, 0.2) is 42.5 Å². The Bertz CT molecular complexity index is 1010. The van der Waals surface area contributed by atoms with E-state index in [-0.39, 0.29) is 0 Å². The van der Waals surface area contributed by atoms with E-state index >= 15 is 0 Å². The molecule has 0 heterocycles. The molecule has 0 saturated carbocycles. The zero-order valence-corrected chi connectivity index (χ0v) is 24.2.